The van der Waals surface area contributed by atoms with Crippen LogP contribution >= 0.6 is 0 Å². The molecule has 0 N–H and O–H groups in total. The van der Waals surface area contributed by atoms with Crippen LogP contribution in [0.15, 0.2) is 77.2 Å². The molecule has 128 valence electrons. The molecule has 2 aromatic carbocycles. The van der Waals surface area contributed by atoms with Crippen molar-refractivity contribution in [2.45, 2.75) is 13.5 Å². The Bertz CT molecular complexity index is 963. The predicted molar refractivity (Wildman–Crippen MR) is 101 cm³/mol. The molecule has 3 rings (SSSR count). The Kier molecular flexibility index (Phi) is 5.64. The average molecular weight is 342 g/mol. The first-order valence-corrected chi connectivity index (χ1v) is 8.23. The third-order valence-electron chi connectivity index (χ3n) is 3.72. The molecule has 1 heterocycles. The summed E-state index contributed by atoms with van der Waals surface area (Å²) in [4.78, 5) is 4.54. The topological polar surface area (TPSA) is 59.1 Å². The summed E-state index contributed by atoms with van der Waals surface area (Å²) in [6.45, 7) is 2.22. The Morgan fingerprint density at radius 1 is 1.12 bits per heavy atom. The summed E-state index contributed by atoms with van der Waals surface area (Å²) in [5, 5.41) is 8.48. The number of oxazole rings is 1. The number of nitrogens with zero attached hydrogens (tertiary/aromatic N) is 2. The van der Waals surface area contributed by atoms with Gasteiger partial charge in [0.2, 0.25) is 5.89 Å². The highest BCUT2D eigenvalue weighted by molar-refractivity contribution is 5.54. The molecule has 0 radical (unpaired) electrons. The van der Waals surface area contributed by atoms with E-state index in [0.29, 0.717) is 12.5 Å². The van der Waals surface area contributed by atoms with E-state index >= 15 is 0 Å². The smallest absolute Gasteiger partial charge is 0.226 e. The van der Waals surface area contributed by atoms with Crippen molar-refractivity contribution in [3.8, 4) is 23.3 Å². The Labute approximate surface area is 152 Å². The number of aryl methyl sites for hydroxylation is 1. The molecular weight excluding hydrogens is 324 g/mol. The Balaban J connectivity index is 1.68. The van der Waals surface area contributed by atoms with Crippen molar-refractivity contribution in [2.24, 2.45) is 0 Å². The lowest BCUT2D eigenvalue weighted by atomic mass is 10.2. The monoisotopic (exact) mass is 342 g/mol. The van der Waals surface area contributed by atoms with E-state index in [9.17, 15) is 0 Å². The molecule has 0 aliphatic rings. The van der Waals surface area contributed by atoms with Crippen molar-refractivity contribution in [1.29, 1.82) is 5.26 Å². The van der Waals surface area contributed by atoms with E-state index in [1.165, 1.54) is 6.08 Å². The van der Waals surface area contributed by atoms with Crippen molar-refractivity contribution < 1.29 is 9.15 Å². The first-order valence-electron chi connectivity index (χ1n) is 8.23. The SMILES string of the molecule is Cc1oc(-c2ccccc2)nc1COc1cccc(/C=C/C=C/C#N)c1. The predicted octanol–water partition coefficient (Wildman–Crippen LogP) is 5.32. The molecule has 1 aromatic heterocycles. The van der Waals surface area contributed by atoms with E-state index in [-0.39, 0.29) is 0 Å². The van der Waals surface area contributed by atoms with Gasteiger partial charge in [-0.25, -0.2) is 4.98 Å². The third-order valence-corrected chi connectivity index (χ3v) is 3.72. The second-order valence-corrected chi connectivity index (χ2v) is 5.60. The summed E-state index contributed by atoms with van der Waals surface area (Å²) in [5.74, 6) is 2.10. The van der Waals surface area contributed by atoms with E-state index in [1.54, 1.807) is 6.08 Å². The fourth-order valence-electron chi connectivity index (χ4n) is 2.39. The largest absolute Gasteiger partial charge is 0.487 e. The van der Waals surface area contributed by atoms with Gasteiger partial charge in [0.1, 0.15) is 23.8 Å². The molecule has 0 saturated carbocycles. The maximum Gasteiger partial charge on any atom is 0.226 e. The lowest BCUT2D eigenvalue weighted by Crippen LogP contribution is -1.97. The molecule has 3 aromatic rings. The Morgan fingerprint density at radius 2 is 1.96 bits per heavy atom. The molecule has 0 unspecified atom stereocenters. The van der Waals surface area contributed by atoms with Gasteiger partial charge >= 0.3 is 0 Å². The van der Waals surface area contributed by atoms with Crippen LogP contribution in [0, 0.1) is 18.3 Å². The summed E-state index contributed by atoms with van der Waals surface area (Å²) in [5.41, 5.74) is 2.72. The minimum Gasteiger partial charge on any atom is -0.487 e. The van der Waals surface area contributed by atoms with Gasteiger partial charge in [-0.3, -0.25) is 0 Å². The lowest BCUT2D eigenvalue weighted by Gasteiger charge is -2.05. The highest BCUT2D eigenvalue weighted by atomic mass is 16.5. The standard InChI is InChI=1S/C22H18N2O2/c1-17-21(24-22(26-17)19-11-5-2-6-12-19)16-25-20-13-8-10-18(15-20)9-4-3-7-14-23/h2-13,15H,16H2,1H3/b7-3+,9-4+. The van der Waals surface area contributed by atoms with Crippen LogP contribution in [-0.4, -0.2) is 4.98 Å². The molecule has 0 aliphatic heterocycles. The molecule has 0 bridgehead atoms. The number of ether oxygens (including phenoxy) is 1. The summed E-state index contributed by atoms with van der Waals surface area (Å²) >= 11 is 0. The number of hydrogen-bond donors (Lipinski definition) is 0. The summed E-state index contributed by atoms with van der Waals surface area (Å²) in [6, 6.07) is 19.5. The molecule has 0 fully saturated rings. The van der Waals surface area contributed by atoms with Gasteiger partial charge in [0.05, 0.1) is 6.07 Å². The minimum atomic E-state index is 0.337. The van der Waals surface area contributed by atoms with Crippen LogP contribution in [0.25, 0.3) is 17.5 Å². The van der Waals surface area contributed by atoms with Crippen molar-refractivity contribution in [3.63, 3.8) is 0 Å². The summed E-state index contributed by atoms with van der Waals surface area (Å²) < 4.78 is 11.6. The number of allylic oxidation sites excluding steroid dienone is 3. The summed E-state index contributed by atoms with van der Waals surface area (Å²) in [7, 11) is 0. The molecule has 0 amide bonds. The number of hydrogen-bond acceptors (Lipinski definition) is 4. The highest BCUT2D eigenvalue weighted by Gasteiger charge is 2.11. The fraction of sp³-hybridized carbons (Fsp3) is 0.0909. The van der Waals surface area contributed by atoms with Crippen LogP contribution in [0.1, 0.15) is 17.0 Å². The summed E-state index contributed by atoms with van der Waals surface area (Å²) in [6.07, 6.45) is 6.84. The van der Waals surface area contributed by atoms with Crippen molar-refractivity contribution in [1.82, 2.24) is 4.98 Å². The molecule has 26 heavy (non-hydrogen) atoms. The first kappa shape index (κ1) is 17.2. The molecule has 0 aliphatic carbocycles. The molecule has 0 saturated heterocycles. The van der Waals surface area contributed by atoms with Crippen LogP contribution in [0.5, 0.6) is 5.75 Å². The fourth-order valence-corrected chi connectivity index (χ4v) is 2.39. The quantitative estimate of drug-likeness (QED) is 0.449. The Hall–Kier alpha value is -3.58. The van der Waals surface area contributed by atoms with Gasteiger partial charge in [-0.05, 0) is 36.8 Å². The van der Waals surface area contributed by atoms with Gasteiger partial charge in [0, 0.05) is 11.6 Å². The lowest BCUT2D eigenvalue weighted by molar-refractivity contribution is 0.299. The number of aromatic nitrogens is 1. The van der Waals surface area contributed by atoms with Crippen LogP contribution in [-0.2, 0) is 6.61 Å². The van der Waals surface area contributed by atoms with Gasteiger partial charge in [-0.1, -0.05) is 48.6 Å². The molecular formula is C22H18N2O2. The van der Waals surface area contributed by atoms with Gasteiger partial charge in [-0.15, -0.1) is 0 Å². The van der Waals surface area contributed by atoms with Gasteiger partial charge in [0.15, 0.2) is 0 Å². The van der Waals surface area contributed by atoms with Crippen molar-refractivity contribution >= 4 is 6.08 Å². The second kappa shape index (κ2) is 8.50. The van der Waals surface area contributed by atoms with Crippen LogP contribution in [0.2, 0.25) is 0 Å². The zero-order valence-electron chi connectivity index (χ0n) is 14.4. The number of nitriles is 1. The van der Waals surface area contributed by atoms with Gasteiger partial charge in [-0.2, -0.15) is 5.26 Å². The molecule has 4 nitrogen and oxygen atoms in total. The van der Waals surface area contributed by atoms with Crippen LogP contribution in [0.4, 0.5) is 0 Å². The zero-order valence-corrected chi connectivity index (χ0v) is 14.4. The van der Waals surface area contributed by atoms with Crippen LogP contribution in [0.3, 0.4) is 0 Å². The maximum absolute atomic E-state index is 8.48. The van der Waals surface area contributed by atoms with Crippen molar-refractivity contribution in [3.05, 3.63) is 89.8 Å². The number of rotatable bonds is 6. The van der Waals surface area contributed by atoms with E-state index in [0.717, 1.165) is 28.3 Å². The van der Waals surface area contributed by atoms with Gasteiger partial charge < -0.3 is 9.15 Å². The molecule has 0 spiro atoms. The van der Waals surface area contributed by atoms with E-state index < -0.39 is 0 Å². The molecule has 0 atom stereocenters. The highest BCUT2D eigenvalue weighted by Crippen LogP contribution is 2.23. The zero-order chi connectivity index (χ0) is 18.2. The van der Waals surface area contributed by atoms with E-state index in [4.69, 9.17) is 14.4 Å². The number of benzene rings is 2. The second-order valence-electron chi connectivity index (χ2n) is 5.60. The van der Waals surface area contributed by atoms with Gasteiger partial charge in [0.25, 0.3) is 0 Å². The average Bonchev–Trinajstić information content (AvgIpc) is 3.05. The normalized spacial score (nSPS) is 11.1. The minimum absolute atomic E-state index is 0.337. The Morgan fingerprint density at radius 3 is 2.77 bits per heavy atom. The maximum atomic E-state index is 8.48. The van der Waals surface area contributed by atoms with Crippen LogP contribution < -0.4 is 4.74 Å². The molecule has 4 heteroatoms. The van der Waals surface area contributed by atoms with E-state index in [1.807, 2.05) is 79.7 Å². The first-order chi connectivity index (χ1) is 12.8. The van der Waals surface area contributed by atoms with E-state index in [2.05, 4.69) is 4.98 Å². The van der Waals surface area contributed by atoms with Crippen molar-refractivity contribution in [2.75, 3.05) is 0 Å². The third kappa shape index (κ3) is 4.49.